The number of nitrogens with zero attached hydrogens (tertiary/aromatic N) is 5. The van der Waals surface area contributed by atoms with Gasteiger partial charge in [0, 0.05) is 42.9 Å². The summed E-state index contributed by atoms with van der Waals surface area (Å²) in [6.45, 7) is 8.15. The van der Waals surface area contributed by atoms with E-state index in [9.17, 15) is 25.0 Å². The van der Waals surface area contributed by atoms with Crippen molar-refractivity contribution in [3.05, 3.63) is 60.9 Å². The Labute approximate surface area is 161 Å². The van der Waals surface area contributed by atoms with Crippen LogP contribution in [0.3, 0.4) is 0 Å². The summed E-state index contributed by atoms with van der Waals surface area (Å²) in [7, 11) is 0. The summed E-state index contributed by atoms with van der Waals surface area (Å²) < 4.78 is 1.94. The third kappa shape index (κ3) is 3.32. The van der Waals surface area contributed by atoms with E-state index >= 15 is 0 Å². The minimum Gasteiger partial charge on any atom is -0.334 e. The summed E-state index contributed by atoms with van der Waals surface area (Å²) in [5.74, 6) is -0.472. The lowest BCUT2D eigenvalue weighted by molar-refractivity contribution is -0.395. The van der Waals surface area contributed by atoms with Crippen LogP contribution in [0.2, 0.25) is 0 Å². The Morgan fingerprint density at radius 1 is 1.14 bits per heavy atom. The van der Waals surface area contributed by atoms with E-state index in [1.165, 1.54) is 11.8 Å². The fourth-order valence-electron chi connectivity index (χ4n) is 3.45. The lowest BCUT2D eigenvalue weighted by Gasteiger charge is -2.30. The van der Waals surface area contributed by atoms with E-state index in [1.807, 2.05) is 25.5 Å². The first-order valence-corrected chi connectivity index (χ1v) is 8.79. The van der Waals surface area contributed by atoms with Crippen molar-refractivity contribution >= 4 is 17.3 Å². The zero-order chi connectivity index (χ0) is 20.8. The summed E-state index contributed by atoms with van der Waals surface area (Å²) in [6.07, 6.45) is 2.31. The molecule has 28 heavy (non-hydrogen) atoms. The van der Waals surface area contributed by atoms with Crippen molar-refractivity contribution in [1.29, 1.82) is 0 Å². The molecule has 0 fully saturated rings. The molecule has 10 heteroatoms. The van der Waals surface area contributed by atoms with E-state index in [0.717, 1.165) is 23.4 Å². The molecule has 0 N–H and O–H groups in total. The van der Waals surface area contributed by atoms with E-state index in [4.69, 9.17) is 0 Å². The van der Waals surface area contributed by atoms with E-state index in [-0.39, 0.29) is 16.7 Å². The Balaban J connectivity index is 1.94. The average Bonchev–Trinajstić information content (AvgIpc) is 3.04. The van der Waals surface area contributed by atoms with Gasteiger partial charge in [-0.3, -0.25) is 29.7 Å². The predicted octanol–water partition coefficient (Wildman–Crippen LogP) is 2.96. The molecule has 1 aromatic heterocycles. The second-order valence-corrected chi connectivity index (χ2v) is 7.83. The number of nitro benzene ring substituents is 2. The quantitative estimate of drug-likeness (QED) is 0.589. The van der Waals surface area contributed by atoms with Crippen LogP contribution in [0.4, 0.5) is 11.4 Å². The molecule has 1 aliphatic rings. The van der Waals surface area contributed by atoms with Crippen molar-refractivity contribution in [2.75, 3.05) is 6.54 Å². The maximum absolute atomic E-state index is 12.9. The highest BCUT2D eigenvalue weighted by molar-refractivity contribution is 5.96. The summed E-state index contributed by atoms with van der Waals surface area (Å²) in [4.78, 5) is 35.6. The number of carbonyl (C=O) groups excluding carboxylic acids is 1. The van der Waals surface area contributed by atoms with Crippen LogP contribution >= 0.6 is 0 Å². The predicted molar refractivity (Wildman–Crippen MR) is 100 cm³/mol. The Kier molecular flexibility index (Phi) is 4.66. The standard InChI is InChI=1S/C18H21N5O5/c1-11-15(22(25)26)7-12(8-16(11)23(27)28)17(24)20-6-5-14-13(10-20)9-19-21(14)18(2,3)4/h7-9H,5-6,10H2,1-4H3. The molecular weight excluding hydrogens is 366 g/mol. The summed E-state index contributed by atoms with van der Waals surface area (Å²) in [5.41, 5.74) is 0.780. The number of aromatic nitrogens is 2. The van der Waals surface area contributed by atoms with Gasteiger partial charge in [0.25, 0.3) is 17.3 Å². The smallest absolute Gasteiger partial charge is 0.279 e. The van der Waals surface area contributed by atoms with Crippen molar-refractivity contribution < 1.29 is 14.6 Å². The van der Waals surface area contributed by atoms with Crippen LogP contribution in [0.15, 0.2) is 18.3 Å². The van der Waals surface area contributed by atoms with Crippen LogP contribution in [-0.4, -0.2) is 37.0 Å². The normalized spacial score (nSPS) is 13.9. The Morgan fingerprint density at radius 3 is 2.21 bits per heavy atom. The van der Waals surface area contributed by atoms with Gasteiger partial charge in [-0.25, -0.2) is 0 Å². The molecule has 2 heterocycles. The number of amides is 1. The molecule has 0 aliphatic carbocycles. The summed E-state index contributed by atoms with van der Waals surface area (Å²) >= 11 is 0. The van der Waals surface area contributed by atoms with Crippen molar-refractivity contribution in [2.45, 2.75) is 46.2 Å². The number of nitro groups is 2. The van der Waals surface area contributed by atoms with Crippen LogP contribution in [0.5, 0.6) is 0 Å². The summed E-state index contributed by atoms with van der Waals surface area (Å²) in [5, 5.41) is 26.9. The first-order valence-electron chi connectivity index (χ1n) is 8.79. The van der Waals surface area contributed by atoms with Gasteiger partial charge in [0.1, 0.15) is 5.56 Å². The first-order chi connectivity index (χ1) is 13.0. The zero-order valence-corrected chi connectivity index (χ0v) is 16.1. The van der Waals surface area contributed by atoms with Crippen LogP contribution in [-0.2, 0) is 18.5 Å². The highest BCUT2D eigenvalue weighted by Crippen LogP contribution is 2.31. The molecule has 0 saturated heterocycles. The Bertz CT molecular complexity index is 954. The molecular formula is C18H21N5O5. The van der Waals surface area contributed by atoms with Gasteiger partial charge in [0.15, 0.2) is 0 Å². The maximum Gasteiger partial charge on any atom is 0.279 e. The van der Waals surface area contributed by atoms with Gasteiger partial charge in [0.05, 0.1) is 27.1 Å². The maximum atomic E-state index is 12.9. The molecule has 0 spiro atoms. The highest BCUT2D eigenvalue weighted by Gasteiger charge is 2.31. The van der Waals surface area contributed by atoms with Gasteiger partial charge >= 0.3 is 0 Å². The third-order valence-corrected chi connectivity index (χ3v) is 4.85. The topological polar surface area (TPSA) is 124 Å². The minimum absolute atomic E-state index is 0.0596. The van der Waals surface area contributed by atoms with Gasteiger partial charge in [-0.05, 0) is 27.7 Å². The molecule has 0 bridgehead atoms. The molecule has 10 nitrogen and oxygen atoms in total. The molecule has 1 aliphatic heterocycles. The number of hydrogen-bond acceptors (Lipinski definition) is 6. The van der Waals surface area contributed by atoms with Crippen LogP contribution in [0.1, 0.15) is 48.0 Å². The number of carbonyl (C=O) groups is 1. The third-order valence-electron chi connectivity index (χ3n) is 4.85. The molecule has 1 aromatic carbocycles. The fraction of sp³-hybridized carbons (Fsp3) is 0.444. The van der Waals surface area contributed by atoms with E-state index in [2.05, 4.69) is 5.10 Å². The van der Waals surface area contributed by atoms with E-state index in [0.29, 0.717) is 19.5 Å². The lowest BCUT2D eigenvalue weighted by atomic mass is 10.0. The van der Waals surface area contributed by atoms with Crippen molar-refractivity contribution in [3.63, 3.8) is 0 Å². The number of hydrogen-bond donors (Lipinski definition) is 0. The second-order valence-electron chi connectivity index (χ2n) is 7.83. The van der Waals surface area contributed by atoms with E-state index < -0.39 is 27.1 Å². The molecule has 0 unspecified atom stereocenters. The minimum atomic E-state index is -0.708. The van der Waals surface area contributed by atoms with Gasteiger partial charge in [0.2, 0.25) is 0 Å². The van der Waals surface area contributed by atoms with Crippen molar-refractivity contribution in [1.82, 2.24) is 14.7 Å². The number of benzene rings is 1. The van der Waals surface area contributed by atoms with Gasteiger partial charge in [-0.2, -0.15) is 5.10 Å². The van der Waals surface area contributed by atoms with Crippen LogP contribution in [0.25, 0.3) is 0 Å². The molecule has 0 saturated carbocycles. The average molecular weight is 387 g/mol. The molecule has 2 aromatic rings. The zero-order valence-electron chi connectivity index (χ0n) is 16.1. The molecule has 3 rings (SSSR count). The van der Waals surface area contributed by atoms with Crippen LogP contribution < -0.4 is 0 Å². The lowest BCUT2D eigenvalue weighted by Crippen LogP contribution is -2.37. The van der Waals surface area contributed by atoms with Gasteiger partial charge < -0.3 is 4.90 Å². The second kappa shape index (κ2) is 6.70. The first kappa shape index (κ1) is 19.5. The molecule has 0 radical (unpaired) electrons. The Morgan fingerprint density at radius 2 is 1.71 bits per heavy atom. The molecule has 0 atom stereocenters. The molecule has 148 valence electrons. The fourth-order valence-corrected chi connectivity index (χ4v) is 3.45. The van der Waals surface area contributed by atoms with E-state index in [1.54, 1.807) is 6.20 Å². The number of fused-ring (bicyclic) bond motifs is 1. The van der Waals surface area contributed by atoms with Crippen molar-refractivity contribution in [3.8, 4) is 0 Å². The van der Waals surface area contributed by atoms with Crippen LogP contribution in [0, 0.1) is 27.2 Å². The monoisotopic (exact) mass is 387 g/mol. The molecule has 1 amide bonds. The number of rotatable bonds is 3. The summed E-state index contributed by atoms with van der Waals surface area (Å²) in [6, 6.07) is 2.22. The van der Waals surface area contributed by atoms with Crippen molar-refractivity contribution in [2.24, 2.45) is 0 Å². The van der Waals surface area contributed by atoms with Gasteiger partial charge in [-0.1, -0.05) is 0 Å². The van der Waals surface area contributed by atoms with Gasteiger partial charge in [-0.15, -0.1) is 0 Å². The SMILES string of the molecule is Cc1c([N+](=O)[O-])cc(C(=O)N2CCc3c(cnn3C(C)(C)C)C2)cc1[N+](=O)[O-]. The Hall–Kier alpha value is -3.30. The highest BCUT2D eigenvalue weighted by atomic mass is 16.6. The largest absolute Gasteiger partial charge is 0.334 e.